The van der Waals surface area contributed by atoms with Crippen LogP contribution in [0.15, 0.2) is 29.4 Å². The summed E-state index contributed by atoms with van der Waals surface area (Å²) in [5.41, 5.74) is 0.516. The Morgan fingerprint density at radius 2 is 2.16 bits per heavy atom. The van der Waals surface area contributed by atoms with Gasteiger partial charge < -0.3 is 9.67 Å². The first-order chi connectivity index (χ1) is 9.08. The fourth-order valence-electron chi connectivity index (χ4n) is 1.57. The van der Waals surface area contributed by atoms with Crippen molar-refractivity contribution in [3.63, 3.8) is 0 Å². The Hall–Kier alpha value is -1.89. The Morgan fingerprint density at radius 3 is 2.84 bits per heavy atom. The van der Waals surface area contributed by atoms with Crippen LogP contribution in [0.25, 0.3) is 0 Å². The van der Waals surface area contributed by atoms with Crippen LogP contribution >= 0.6 is 11.8 Å². The molecule has 100 valence electrons. The third-order valence-corrected chi connectivity index (χ3v) is 3.46. The highest BCUT2D eigenvalue weighted by Gasteiger charge is 2.13. The maximum atomic E-state index is 13.6. The smallest absolute Gasteiger partial charge is 0.313 e. The van der Waals surface area contributed by atoms with Gasteiger partial charge in [0, 0.05) is 5.56 Å². The molecule has 0 saturated heterocycles. The summed E-state index contributed by atoms with van der Waals surface area (Å²) >= 11 is 1.07. The number of aliphatic carboxylic acids is 1. The van der Waals surface area contributed by atoms with Crippen molar-refractivity contribution in [2.75, 3.05) is 5.75 Å². The van der Waals surface area contributed by atoms with Crippen molar-refractivity contribution in [2.24, 2.45) is 0 Å². The molecule has 0 amide bonds. The maximum Gasteiger partial charge on any atom is 0.313 e. The van der Waals surface area contributed by atoms with Gasteiger partial charge in [0.2, 0.25) is 0 Å². The van der Waals surface area contributed by atoms with E-state index in [9.17, 15) is 9.18 Å². The number of benzene rings is 1. The molecule has 0 aliphatic heterocycles. The molecular weight excluding hydrogens is 269 g/mol. The Kier molecular flexibility index (Phi) is 4.16. The Balaban J connectivity index is 2.22. The van der Waals surface area contributed by atoms with Crippen LogP contribution < -0.4 is 0 Å². The Labute approximate surface area is 113 Å². The predicted molar refractivity (Wildman–Crippen MR) is 68.6 cm³/mol. The van der Waals surface area contributed by atoms with Crippen molar-refractivity contribution in [3.8, 4) is 0 Å². The molecule has 1 aromatic heterocycles. The largest absolute Gasteiger partial charge is 0.481 e. The lowest BCUT2D eigenvalue weighted by molar-refractivity contribution is -0.133. The van der Waals surface area contributed by atoms with E-state index in [1.807, 2.05) is 0 Å². The molecule has 1 aromatic carbocycles. The molecule has 0 bridgehead atoms. The van der Waals surface area contributed by atoms with E-state index in [0.717, 1.165) is 11.8 Å². The van der Waals surface area contributed by atoms with Gasteiger partial charge in [0.05, 0.1) is 12.3 Å². The third kappa shape index (κ3) is 3.31. The number of carboxylic acids is 1. The summed E-state index contributed by atoms with van der Waals surface area (Å²) in [7, 11) is 0. The molecule has 0 radical (unpaired) electrons. The van der Waals surface area contributed by atoms with Gasteiger partial charge in [-0.15, -0.1) is 10.2 Å². The van der Waals surface area contributed by atoms with Gasteiger partial charge in [-0.3, -0.25) is 4.79 Å². The van der Waals surface area contributed by atoms with Gasteiger partial charge in [-0.05, 0) is 13.0 Å². The van der Waals surface area contributed by atoms with Crippen molar-refractivity contribution < 1.29 is 14.3 Å². The maximum absolute atomic E-state index is 13.6. The van der Waals surface area contributed by atoms with Crippen LogP contribution in [0, 0.1) is 12.7 Å². The van der Waals surface area contributed by atoms with Gasteiger partial charge in [-0.2, -0.15) is 0 Å². The van der Waals surface area contributed by atoms with Gasteiger partial charge >= 0.3 is 5.97 Å². The minimum atomic E-state index is -0.928. The minimum Gasteiger partial charge on any atom is -0.481 e. The highest BCUT2D eigenvalue weighted by Crippen LogP contribution is 2.19. The molecule has 0 atom stereocenters. The van der Waals surface area contributed by atoms with Crippen molar-refractivity contribution in [1.29, 1.82) is 0 Å². The topological polar surface area (TPSA) is 68.0 Å². The lowest BCUT2D eigenvalue weighted by atomic mass is 10.2. The molecule has 5 nitrogen and oxygen atoms in total. The van der Waals surface area contributed by atoms with Crippen molar-refractivity contribution in [2.45, 2.75) is 18.6 Å². The van der Waals surface area contributed by atoms with Crippen LogP contribution in [0.2, 0.25) is 0 Å². The molecule has 2 aromatic rings. The molecule has 7 heteroatoms. The molecule has 0 aliphatic carbocycles. The van der Waals surface area contributed by atoms with Gasteiger partial charge in [-0.25, -0.2) is 4.39 Å². The highest BCUT2D eigenvalue weighted by atomic mass is 32.2. The zero-order valence-corrected chi connectivity index (χ0v) is 11.0. The van der Waals surface area contributed by atoms with Gasteiger partial charge in [0.15, 0.2) is 5.16 Å². The fourth-order valence-corrected chi connectivity index (χ4v) is 2.28. The predicted octanol–water partition coefficient (Wildman–Crippen LogP) is 1.95. The summed E-state index contributed by atoms with van der Waals surface area (Å²) < 4.78 is 15.3. The van der Waals surface area contributed by atoms with Crippen LogP contribution in [0.3, 0.4) is 0 Å². The zero-order chi connectivity index (χ0) is 13.8. The van der Waals surface area contributed by atoms with Crippen LogP contribution in [0.4, 0.5) is 4.39 Å². The summed E-state index contributed by atoms with van der Waals surface area (Å²) in [6.07, 6.45) is 0. The second-order valence-electron chi connectivity index (χ2n) is 3.89. The number of thioether (sulfide) groups is 1. The number of aryl methyl sites for hydroxylation is 1. The number of carboxylic acid groups (broad SMARTS) is 1. The van der Waals surface area contributed by atoms with E-state index in [4.69, 9.17) is 5.11 Å². The number of hydrogen-bond acceptors (Lipinski definition) is 4. The third-order valence-electron chi connectivity index (χ3n) is 2.51. The molecular formula is C12H12FN3O2S. The van der Waals surface area contributed by atoms with E-state index >= 15 is 0 Å². The summed E-state index contributed by atoms with van der Waals surface area (Å²) in [5.74, 6) is -0.709. The lowest BCUT2D eigenvalue weighted by Crippen LogP contribution is -2.07. The highest BCUT2D eigenvalue weighted by molar-refractivity contribution is 7.99. The minimum absolute atomic E-state index is 0.102. The van der Waals surface area contributed by atoms with E-state index in [1.165, 1.54) is 6.07 Å². The summed E-state index contributed by atoms with van der Waals surface area (Å²) in [6.45, 7) is 2.03. The second kappa shape index (κ2) is 5.83. The molecule has 1 heterocycles. The number of rotatable bonds is 5. The van der Waals surface area contributed by atoms with Crippen LogP contribution in [-0.4, -0.2) is 31.6 Å². The Bertz CT molecular complexity index is 600. The summed E-state index contributed by atoms with van der Waals surface area (Å²) in [5, 5.41) is 16.9. The standard InChI is InChI=1S/C12H12FN3O2S/c1-8-14-15-12(19-7-11(17)18)16(8)6-9-4-2-3-5-10(9)13/h2-5H,6-7H2,1H3,(H,17,18). The zero-order valence-electron chi connectivity index (χ0n) is 10.2. The average Bonchev–Trinajstić information content (AvgIpc) is 2.71. The van der Waals surface area contributed by atoms with Gasteiger partial charge in [-0.1, -0.05) is 30.0 Å². The number of aromatic nitrogens is 3. The lowest BCUT2D eigenvalue weighted by Gasteiger charge is -2.08. The van der Waals surface area contributed by atoms with E-state index in [-0.39, 0.29) is 18.1 Å². The number of carbonyl (C=O) groups is 1. The van der Waals surface area contributed by atoms with Crippen LogP contribution in [-0.2, 0) is 11.3 Å². The van der Waals surface area contributed by atoms with Crippen LogP contribution in [0.1, 0.15) is 11.4 Å². The molecule has 0 fully saturated rings. The quantitative estimate of drug-likeness (QED) is 0.848. The Morgan fingerprint density at radius 1 is 1.42 bits per heavy atom. The van der Waals surface area contributed by atoms with Gasteiger partial charge in [0.1, 0.15) is 11.6 Å². The summed E-state index contributed by atoms with van der Waals surface area (Å²) in [6, 6.07) is 6.44. The molecule has 0 saturated carbocycles. The van der Waals surface area contributed by atoms with E-state index in [0.29, 0.717) is 16.5 Å². The first-order valence-corrected chi connectivity index (χ1v) is 6.54. The number of halogens is 1. The number of hydrogen-bond donors (Lipinski definition) is 1. The molecule has 0 unspecified atom stereocenters. The first-order valence-electron chi connectivity index (χ1n) is 5.55. The van der Waals surface area contributed by atoms with Gasteiger partial charge in [0.25, 0.3) is 0 Å². The molecule has 1 N–H and O–H groups in total. The SMILES string of the molecule is Cc1nnc(SCC(=O)O)n1Cc1ccccc1F. The monoisotopic (exact) mass is 281 g/mol. The summed E-state index contributed by atoms with van der Waals surface area (Å²) in [4.78, 5) is 10.6. The molecule has 2 rings (SSSR count). The van der Waals surface area contributed by atoms with Crippen molar-refractivity contribution in [3.05, 3.63) is 41.5 Å². The van der Waals surface area contributed by atoms with Crippen LogP contribution in [0.5, 0.6) is 0 Å². The number of nitrogens with zero attached hydrogens (tertiary/aromatic N) is 3. The first kappa shape index (κ1) is 13.5. The molecule has 19 heavy (non-hydrogen) atoms. The molecule has 0 aliphatic rings. The normalized spacial score (nSPS) is 10.6. The molecule has 0 spiro atoms. The van der Waals surface area contributed by atoms with E-state index in [2.05, 4.69) is 10.2 Å². The van der Waals surface area contributed by atoms with E-state index < -0.39 is 5.97 Å². The van der Waals surface area contributed by atoms with E-state index in [1.54, 1.807) is 29.7 Å². The van der Waals surface area contributed by atoms with Crippen molar-refractivity contribution in [1.82, 2.24) is 14.8 Å². The fraction of sp³-hybridized carbons (Fsp3) is 0.250. The second-order valence-corrected chi connectivity index (χ2v) is 4.83. The van der Waals surface area contributed by atoms with Crippen molar-refractivity contribution >= 4 is 17.7 Å². The average molecular weight is 281 g/mol.